The summed E-state index contributed by atoms with van der Waals surface area (Å²) in [6, 6.07) is 6.39. The molecule has 0 unspecified atom stereocenters. The highest BCUT2D eigenvalue weighted by molar-refractivity contribution is 7.89. The van der Waals surface area contributed by atoms with Crippen LogP contribution in [0.5, 0.6) is 0 Å². The molecule has 0 amide bonds. The van der Waals surface area contributed by atoms with Gasteiger partial charge in [0, 0.05) is 5.02 Å². The molecule has 1 aromatic carbocycles. The maximum atomic E-state index is 12.3. The Morgan fingerprint density at radius 1 is 1.32 bits per heavy atom. The molecule has 0 atom stereocenters. The first kappa shape index (κ1) is 15.4. The Hall–Kier alpha value is -1.51. The van der Waals surface area contributed by atoms with E-state index in [-0.39, 0.29) is 17.5 Å². The molecular formula is C13H16ClN5O2S. The van der Waals surface area contributed by atoms with Crippen LogP contribution < -0.4 is 4.72 Å². The quantitative estimate of drug-likeness (QED) is 0.897. The number of rotatable bonds is 5. The van der Waals surface area contributed by atoms with Crippen molar-refractivity contribution < 1.29 is 8.42 Å². The molecule has 22 heavy (non-hydrogen) atoms. The Labute approximate surface area is 133 Å². The fourth-order valence-corrected chi connectivity index (χ4v) is 3.92. The van der Waals surface area contributed by atoms with Crippen LogP contribution in [0.4, 0.5) is 0 Å². The van der Waals surface area contributed by atoms with Crippen LogP contribution in [0.15, 0.2) is 29.2 Å². The van der Waals surface area contributed by atoms with Crippen molar-refractivity contribution in [2.75, 3.05) is 0 Å². The SMILES string of the molecule is O=S(=O)(NCc1nnnn1C1CCCC1)c1cccc(Cl)c1. The van der Waals surface area contributed by atoms with Crippen LogP contribution in [0, 0.1) is 0 Å². The zero-order chi connectivity index (χ0) is 15.6. The normalized spacial score (nSPS) is 16.2. The summed E-state index contributed by atoms with van der Waals surface area (Å²) in [5, 5.41) is 11.9. The van der Waals surface area contributed by atoms with Gasteiger partial charge in [0.15, 0.2) is 5.82 Å². The van der Waals surface area contributed by atoms with E-state index < -0.39 is 10.0 Å². The van der Waals surface area contributed by atoms with Gasteiger partial charge in [-0.05, 0) is 41.5 Å². The maximum Gasteiger partial charge on any atom is 0.241 e. The number of benzene rings is 1. The molecule has 0 saturated heterocycles. The van der Waals surface area contributed by atoms with Crippen LogP contribution in [-0.4, -0.2) is 28.6 Å². The zero-order valence-corrected chi connectivity index (χ0v) is 13.4. The van der Waals surface area contributed by atoms with Gasteiger partial charge in [-0.1, -0.05) is 30.5 Å². The third kappa shape index (κ3) is 3.29. The summed E-state index contributed by atoms with van der Waals surface area (Å²) in [7, 11) is -3.64. The molecule has 1 saturated carbocycles. The number of hydrogen-bond acceptors (Lipinski definition) is 5. The third-order valence-corrected chi connectivity index (χ3v) is 5.39. The number of aromatic nitrogens is 4. The van der Waals surface area contributed by atoms with Crippen LogP contribution in [0.3, 0.4) is 0 Å². The van der Waals surface area contributed by atoms with E-state index in [1.807, 2.05) is 0 Å². The molecule has 0 radical (unpaired) electrons. The molecule has 0 aliphatic heterocycles. The minimum Gasteiger partial charge on any atom is -0.225 e. The average molecular weight is 342 g/mol. The molecule has 1 heterocycles. The van der Waals surface area contributed by atoms with E-state index in [1.54, 1.807) is 16.8 Å². The highest BCUT2D eigenvalue weighted by atomic mass is 35.5. The standard InChI is InChI=1S/C13H16ClN5O2S/c14-10-4-3-7-12(8-10)22(20,21)15-9-13-16-17-18-19(13)11-5-1-2-6-11/h3-4,7-8,11,15H,1-2,5-6,9H2. The molecule has 2 aromatic rings. The Morgan fingerprint density at radius 3 is 2.82 bits per heavy atom. The second-order valence-electron chi connectivity index (χ2n) is 5.26. The van der Waals surface area contributed by atoms with Gasteiger partial charge >= 0.3 is 0 Å². The van der Waals surface area contributed by atoms with Crippen molar-refractivity contribution in [2.45, 2.75) is 43.2 Å². The molecule has 9 heteroatoms. The predicted octanol–water partition coefficient (Wildman–Crippen LogP) is 1.92. The maximum absolute atomic E-state index is 12.3. The van der Waals surface area contributed by atoms with E-state index in [2.05, 4.69) is 20.2 Å². The van der Waals surface area contributed by atoms with Gasteiger partial charge in [-0.3, -0.25) is 0 Å². The zero-order valence-electron chi connectivity index (χ0n) is 11.8. The van der Waals surface area contributed by atoms with Crippen molar-refractivity contribution in [3.05, 3.63) is 35.1 Å². The van der Waals surface area contributed by atoms with Crippen LogP contribution in [0.2, 0.25) is 5.02 Å². The van der Waals surface area contributed by atoms with Crippen LogP contribution in [0.25, 0.3) is 0 Å². The monoisotopic (exact) mass is 341 g/mol. The minimum atomic E-state index is -3.64. The van der Waals surface area contributed by atoms with Gasteiger partial charge in [-0.15, -0.1) is 5.10 Å². The number of nitrogens with zero attached hydrogens (tertiary/aromatic N) is 4. The Kier molecular flexibility index (Phi) is 4.42. The number of hydrogen-bond donors (Lipinski definition) is 1. The van der Waals surface area contributed by atoms with Gasteiger partial charge in [-0.2, -0.15) is 0 Å². The Balaban J connectivity index is 1.74. The summed E-state index contributed by atoms with van der Waals surface area (Å²) in [4.78, 5) is 0.125. The second-order valence-corrected chi connectivity index (χ2v) is 7.46. The molecule has 1 aliphatic carbocycles. The summed E-state index contributed by atoms with van der Waals surface area (Å²) in [5.74, 6) is 0.525. The summed E-state index contributed by atoms with van der Waals surface area (Å²) >= 11 is 5.83. The van der Waals surface area contributed by atoms with Crippen molar-refractivity contribution in [3.63, 3.8) is 0 Å². The first-order chi connectivity index (χ1) is 10.6. The van der Waals surface area contributed by atoms with Crippen molar-refractivity contribution in [1.82, 2.24) is 24.9 Å². The van der Waals surface area contributed by atoms with Gasteiger partial charge in [0.1, 0.15) is 0 Å². The van der Waals surface area contributed by atoms with Crippen molar-refractivity contribution in [3.8, 4) is 0 Å². The largest absolute Gasteiger partial charge is 0.241 e. The molecule has 7 nitrogen and oxygen atoms in total. The van der Waals surface area contributed by atoms with E-state index >= 15 is 0 Å². The molecule has 118 valence electrons. The highest BCUT2D eigenvalue weighted by Gasteiger charge is 2.22. The first-order valence-electron chi connectivity index (χ1n) is 7.08. The van der Waals surface area contributed by atoms with E-state index in [9.17, 15) is 8.42 Å². The van der Waals surface area contributed by atoms with Gasteiger partial charge in [0.25, 0.3) is 0 Å². The topological polar surface area (TPSA) is 89.8 Å². The van der Waals surface area contributed by atoms with E-state index in [0.29, 0.717) is 10.8 Å². The molecule has 3 rings (SSSR count). The van der Waals surface area contributed by atoms with Crippen LogP contribution >= 0.6 is 11.6 Å². The fourth-order valence-electron chi connectivity index (χ4n) is 2.64. The lowest BCUT2D eigenvalue weighted by Gasteiger charge is -2.12. The van der Waals surface area contributed by atoms with E-state index in [1.165, 1.54) is 12.1 Å². The molecule has 1 N–H and O–H groups in total. The summed E-state index contributed by atoms with van der Waals surface area (Å²) < 4.78 is 28.8. The lowest BCUT2D eigenvalue weighted by molar-refractivity contribution is 0.435. The number of nitrogens with one attached hydrogen (secondary N) is 1. The lowest BCUT2D eigenvalue weighted by atomic mass is 10.2. The molecular weight excluding hydrogens is 326 g/mol. The molecule has 0 spiro atoms. The minimum absolute atomic E-state index is 0.0539. The van der Waals surface area contributed by atoms with Gasteiger partial charge in [-0.25, -0.2) is 17.8 Å². The van der Waals surface area contributed by atoms with Crippen molar-refractivity contribution in [2.24, 2.45) is 0 Å². The number of sulfonamides is 1. The first-order valence-corrected chi connectivity index (χ1v) is 8.94. The van der Waals surface area contributed by atoms with E-state index in [0.717, 1.165) is 25.7 Å². The van der Waals surface area contributed by atoms with E-state index in [4.69, 9.17) is 11.6 Å². The van der Waals surface area contributed by atoms with Crippen LogP contribution in [0.1, 0.15) is 37.5 Å². The van der Waals surface area contributed by atoms with Crippen LogP contribution in [-0.2, 0) is 16.6 Å². The number of tetrazole rings is 1. The second kappa shape index (κ2) is 6.31. The summed E-state index contributed by atoms with van der Waals surface area (Å²) in [6.45, 7) is 0.0539. The van der Waals surface area contributed by atoms with Crippen molar-refractivity contribution >= 4 is 21.6 Å². The lowest BCUT2D eigenvalue weighted by Crippen LogP contribution is -2.26. The molecule has 1 fully saturated rings. The smallest absolute Gasteiger partial charge is 0.225 e. The predicted molar refractivity (Wildman–Crippen MR) is 80.8 cm³/mol. The molecule has 0 bridgehead atoms. The summed E-state index contributed by atoms with van der Waals surface area (Å²) in [6.07, 6.45) is 4.36. The van der Waals surface area contributed by atoms with Gasteiger partial charge in [0.2, 0.25) is 10.0 Å². The molecule has 1 aromatic heterocycles. The van der Waals surface area contributed by atoms with Crippen molar-refractivity contribution in [1.29, 1.82) is 0 Å². The van der Waals surface area contributed by atoms with Gasteiger partial charge < -0.3 is 0 Å². The summed E-state index contributed by atoms with van der Waals surface area (Å²) in [5.41, 5.74) is 0. The number of halogens is 1. The average Bonchev–Trinajstić information content (AvgIpc) is 3.16. The fraction of sp³-hybridized carbons (Fsp3) is 0.462. The highest BCUT2D eigenvalue weighted by Crippen LogP contribution is 2.29. The molecule has 1 aliphatic rings. The third-order valence-electron chi connectivity index (χ3n) is 3.76. The van der Waals surface area contributed by atoms with Gasteiger partial charge in [0.05, 0.1) is 17.5 Å². The Morgan fingerprint density at radius 2 is 2.09 bits per heavy atom. The Bertz CT molecular complexity index is 755.